The first-order chi connectivity index (χ1) is 6.50. The van der Waals surface area contributed by atoms with E-state index in [1.165, 1.54) is 11.4 Å². The predicted octanol–water partition coefficient (Wildman–Crippen LogP) is 3.06. The van der Waals surface area contributed by atoms with E-state index in [4.69, 9.17) is 0 Å². The van der Waals surface area contributed by atoms with Gasteiger partial charge in [0.2, 0.25) is 0 Å². The summed E-state index contributed by atoms with van der Waals surface area (Å²) in [5.74, 6) is 0. The molecule has 0 fully saturated rings. The second-order valence-corrected chi connectivity index (χ2v) is 4.88. The Kier molecular flexibility index (Phi) is 1.95. The molecular formula is C12H18N2. The van der Waals surface area contributed by atoms with Crippen molar-refractivity contribution in [3.8, 4) is 0 Å². The van der Waals surface area contributed by atoms with E-state index >= 15 is 0 Å². The van der Waals surface area contributed by atoms with Crippen molar-refractivity contribution in [3.05, 3.63) is 24.3 Å². The van der Waals surface area contributed by atoms with E-state index in [0.29, 0.717) is 6.17 Å². The van der Waals surface area contributed by atoms with E-state index in [0.717, 1.165) is 0 Å². The molecule has 2 heteroatoms. The zero-order chi connectivity index (χ0) is 10.3. The Morgan fingerprint density at radius 3 is 2.50 bits per heavy atom. The molecule has 0 aliphatic carbocycles. The first kappa shape index (κ1) is 9.38. The average molecular weight is 190 g/mol. The molecule has 0 bridgehead atoms. The molecule has 0 aromatic heterocycles. The Bertz CT molecular complexity index is 338. The van der Waals surface area contributed by atoms with Crippen LogP contribution in [0.2, 0.25) is 0 Å². The molecule has 1 N–H and O–H groups in total. The molecule has 14 heavy (non-hydrogen) atoms. The van der Waals surface area contributed by atoms with Crippen molar-refractivity contribution >= 4 is 11.4 Å². The lowest BCUT2D eigenvalue weighted by molar-refractivity contribution is 0.482. The molecule has 1 unspecified atom stereocenters. The maximum atomic E-state index is 3.48. The van der Waals surface area contributed by atoms with Gasteiger partial charge in [0.15, 0.2) is 0 Å². The van der Waals surface area contributed by atoms with Crippen LogP contribution in [0.25, 0.3) is 0 Å². The monoisotopic (exact) mass is 190 g/mol. The van der Waals surface area contributed by atoms with Gasteiger partial charge in [0, 0.05) is 5.54 Å². The van der Waals surface area contributed by atoms with Crippen LogP contribution in [0.5, 0.6) is 0 Å². The molecule has 1 aliphatic heterocycles. The van der Waals surface area contributed by atoms with Crippen LogP contribution in [-0.4, -0.2) is 11.7 Å². The van der Waals surface area contributed by atoms with Gasteiger partial charge in [0.25, 0.3) is 0 Å². The number of hydrogen-bond acceptors (Lipinski definition) is 2. The average Bonchev–Trinajstić information content (AvgIpc) is 2.38. The molecule has 2 nitrogen and oxygen atoms in total. The number of nitrogens with one attached hydrogen (secondary N) is 1. The first-order valence-electron chi connectivity index (χ1n) is 5.15. The van der Waals surface area contributed by atoms with Crippen molar-refractivity contribution < 1.29 is 0 Å². The topological polar surface area (TPSA) is 15.3 Å². The van der Waals surface area contributed by atoms with Crippen LogP contribution in [-0.2, 0) is 0 Å². The second kappa shape index (κ2) is 2.91. The molecule has 1 atom stereocenters. The van der Waals surface area contributed by atoms with E-state index in [1.807, 2.05) is 0 Å². The maximum absolute atomic E-state index is 3.48. The summed E-state index contributed by atoms with van der Waals surface area (Å²) in [6, 6.07) is 8.48. The highest BCUT2D eigenvalue weighted by atomic mass is 15.4. The van der Waals surface area contributed by atoms with Gasteiger partial charge in [-0.15, -0.1) is 0 Å². The van der Waals surface area contributed by atoms with E-state index in [9.17, 15) is 0 Å². The van der Waals surface area contributed by atoms with Gasteiger partial charge in [-0.25, -0.2) is 0 Å². The number of anilines is 2. The van der Waals surface area contributed by atoms with Crippen LogP contribution in [0.3, 0.4) is 0 Å². The summed E-state index contributed by atoms with van der Waals surface area (Å²) in [7, 11) is 0. The predicted molar refractivity (Wildman–Crippen MR) is 61.8 cm³/mol. The second-order valence-electron chi connectivity index (χ2n) is 4.88. The Morgan fingerprint density at radius 1 is 1.21 bits per heavy atom. The van der Waals surface area contributed by atoms with Crippen molar-refractivity contribution in [2.75, 3.05) is 10.2 Å². The minimum atomic E-state index is 0.166. The number of rotatable bonds is 0. The summed E-state index contributed by atoms with van der Waals surface area (Å²) >= 11 is 0. The quantitative estimate of drug-likeness (QED) is 0.676. The van der Waals surface area contributed by atoms with Crippen molar-refractivity contribution in [1.82, 2.24) is 0 Å². The van der Waals surface area contributed by atoms with Gasteiger partial charge in [-0.1, -0.05) is 12.1 Å². The van der Waals surface area contributed by atoms with E-state index in [1.54, 1.807) is 0 Å². The van der Waals surface area contributed by atoms with Crippen molar-refractivity contribution in [2.45, 2.75) is 39.4 Å². The minimum absolute atomic E-state index is 0.166. The van der Waals surface area contributed by atoms with E-state index < -0.39 is 0 Å². The van der Waals surface area contributed by atoms with Crippen LogP contribution in [0.1, 0.15) is 27.7 Å². The van der Waals surface area contributed by atoms with Crippen LogP contribution < -0.4 is 10.2 Å². The molecule has 0 saturated carbocycles. The Balaban J connectivity index is 2.45. The van der Waals surface area contributed by atoms with Gasteiger partial charge in [-0.2, -0.15) is 0 Å². The zero-order valence-electron chi connectivity index (χ0n) is 9.33. The van der Waals surface area contributed by atoms with Gasteiger partial charge in [-0.05, 0) is 39.8 Å². The molecule has 1 aliphatic rings. The van der Waals surface area contributed by atoms with Crippen LogP contribution in [0.15, 0.2) is 24.3 Å². The molecule has 1 aromatic rings. The van der Waals surface area contributed by atoms with Crippen molar-refractivity contribution in [2.24, 2.45) is 0 Å². The van der Waals surface area contributed by atoms with Crippen molar-refractivity contribution in [1.29, 1.82) is 0 Å². The van der Waals surface area contributed by atoms with Crippen LogP contribution >= 0.6 is 0 Å². The molecule has 1 aromatic carbocycles. The highest BCUT2D eigenvalue weighted by molar-refractivity contribution is 5.76. The van der Waals surface area contributed by atoms with Gasteiger partial charge in [-0.3, -0.25) is 0 Å². The highest BCUT2D eigenvalue weighted by Gasteiger charge is 2.32. The highest BCUT2D eigenvalue weighted by Crippen LogP contribution is 2.38. The number of benzene rings is 1. The number of para-hydroxylation sites is 2. The summed E-state index contributed by atoms with van der Waals surface area (Å²) in [5.41, 5.74) is 2.72. The Hall–Kier alpha value is -1.18. The number of fused-ring (bicyclic) bond motifs is 1. The Morgan fingerprint density at radius 2 is 1.86 bits per heavy atom. The maximum Gasteiger partial charge on any atom is 0.0967 e. The largest absolute Gasteiger partial charge is 0.364 e. The lowest BCUT2D eigenvalue weighted by Gasteiger charge is -2.37. The SMILES string of the molecule is CC1Nc2ccccc2N1C(C)(C)C. The minimum Gasteiger partial charge on any atom is -0.364 e. The zero-order valence-corrected chi connectivity index (χ0v) is 9.33. The number of nitrogens with zero attached hydrogens (tertiary/aromatic N) is 1. The van der Waals surface area contributed by atoms with Crippen LogP contribution in [0, 0.1) is 0 Å². The molecule has 0 amide bonds. The fraction of sp³-hybridized carbons (Fsp3) is 0.500. The van der Waals surface area contributed by atoms with Gasteiger partial charge >= 0.3 is 0 Å². The van der Waals surface area contributed by atoms with E-state index in [-0.39, 0.29) is 5.54 Å². The smallest absolute Gasteiger partial charge is 0.0967 e. The first-order valence-corrected chi connectivity index (χ1v) is 5.15. The number of hydrogen-bond donors (Lipinski definition) is 1. The molecule has 2 rings (SSSR count). The van der Waals surface area contributed by atoms with E-state index in [2.05, 4.69) is 62.2 Å². The van der Waals surface area contributed by atoms with Gasteiger partial charge < -0.3 is 10.2 Å². The third-order valence-electron chi connectivity index (χ3n) is 2.64. The molecule has 0 spiro atoms. The third-order valence-corrected chi connectivity index (χ3v) is 2.64. The summed E-state index contributed by atoms with van der Waals surface area (Å²) in [4.78, 5) is 2.42. The van der Waals surface area contributed by atoms with Gasteiger partial charge in [0.05, 0.1) is 17.5 Å². The van der Waals surface area contributed by atoms with Gasteiger partial charge in [0.1, 0.15) is 0 Å². The lowest BCUT2D eigenvalue weighted by Crippen LogP contribution is -2.46. The third kappa shape index (κ3) is 1.35. The lowest BCUT2D eigenvalue weighted by atomic mass is 10.0. The van der Waals surface area contributed by atoms with Crippen molar-refractivity contribution in [3.63, 3.8) is 0 Å². The fourth-order valence-electron chi connectivity index (χ4n) is 2.25. The standard InChI is InChI=1S/C12H18N2/c1-9-13-10-7-5-6-8-11(10)14(9)12(2,3)4/h5-9,13H,1-4H3. The Labute approximate surface area is 85.9 Å². The fourth-order valence-corrected chi connectivity index (χ4v) is 2.25. The molecule has 0 radical (unpaired) electrons. The summed E-state index contributed by atoms with van der Waals surface area (Å²) in [6.45, 7) is 8.93. The summed E-state index contributed by atoms with van der Waals surface area (Å²) < 4.78 is 0. The summed E-state index contributed by atoms with van der Waals surface area (Å²) in [5, 5.41) is 3.48. The molecule has 1 heterocycles. The normalized spacial score (nSPS) is 20.6. The van der Waals surface area contributed by atoms with Crippen LogP contribution in [0.4, 0.5) is 11.4 Å². The molecule has 0 saturated heterocycles. The molecule has 76 valence electrons. The molecular weight excluding hydrogens is 172 g/mol. The summed E-state index contributed by atoms with van der Waals surface area (Å²) in [6.07, 6.45) is 0.382.